The zero-order chi connectivity index (χ0) is 20.1. The summed E-state index contributed by atoms with van der Waals surface area (Å²) in [5, 5.41) is 5.96. The van der Waals surface area contributed by atoms with Crippen LogP contribution in [0.3, 0.4) is 0 Å². The number of nitrogens with one attached hydrogen (secondary N) is 1. The molecule has 1 aliphatic heterocycles. The molecule has 2 aromatic rings. The van der Waals surface area contributed by atoms with Gasteiger partial charge in [0.2, 0.25) is 5.91 Å². The lowest BCUT2D eigenvalue weighted by atomic mass is 9.97. The molecule has 1 fully saturated rings. The molecule has 1 aliphatic rings. The number of benzene rings is 1. The molecule has 1 aromatic heterocycles. The first-order chi connectivity index (χ1) is 13.5. The van der Waals surface area contributed by atoms with Crippen molar-refractivity contribution in [1.29, 1.82) is 0 Å². The molecule has 0 bridgehead atoms. The summed E-state index contributed by atoms with van der Waals surface area (Å²) in [5.41, 5.74) is 1.41. The van der Waals surface area contributed by atoms with Gasteiger partial charge in [-0.05, 0) is 31.0 Å². The molecule has 0 aliphatic carbocycles. The third kappa shape index (κ3) is 5.08. The first-order valence-electron chi connectivity index (χ1n) is 9.43. The van der Waals surface area contributed by atoms with E-state index in [1.54, 1.807) is 16.2 Å². The lowest BCUT2D eigenvalue weighted by Crippen LogP contribution is -2.37. The molecule has 1 saturated heterocycles. The molecule has 0 unspecified atom stereocenters. The molecule has 2 heterocycles. The fraction of sp³-hybridized carbons (Fsp3) is 0.450. The van der Waals surface area contributed by atoms with E-state index >= 15 is 0 Å². The van der Waals surface area contributed by atoms with Crippen LogP contribution in [-0.2, 0) is 11.2 Å². The van der Waals surface area contributed by atoms with Crippen molar-refractivity contribution in [3.8, 4) is 0 Å². The Morgan fingerprint density at radius 1 is 1.36 bits per heavy atom. The fourth-order valence-electron chi connectivity index (χ4n) is 3.22. The number of carbonyl (C=O) groups is 2. The van der Waals surface area contributed by atoms with Gasteiger partial charge >= 0.3 is 0 Å². The largest absolute Gasteiger partial charge is 0.356 e. The topological polar surface area (TPSA) is 62.3 Å². The number of rotatable bonds is 6. The van der Waals surface area contributed by atoms with E-state index in [0.717, 1.165) is 30.0 Å². The van der Waals surface area contributed by atoms with Crippen molar-refractivity contribution in [2.45, 2.75) is 38.5 Å². The molecule has 5 nitrogen and oxygen atoms in total. The van der Waals surface area contributed by atoms with Crippen molar-refractivity contribution < 1.29 is 14.0 Å². The first kappa shape index (κ1) is 20.7. The van der Waals surface area contributed by atoms with Crippen LogP contribution in [0.4, 0.5) is 4.39 Å². The summed E-state index contributed by atoms with van der Waals surface area (Å²) >= 11 is 7.43. The molecular weight excluding hydrogens is 401 g/mol. The van der Waals surface area contributed by atoms with Gasteiger partial charge in [-0.3, -0.25) is 9.59 Å². The van der Waals surface area contributed by atoms with Crippen LogP contribution in [0.1, 0.15) is 53.2 Å². The molecule has 2 amide bonds. The highest BCUT2D eigenvalue weighted by Crippen LogP contribution is 2.31. The summed E-state index contributed by atoms with van der Waals surface area (Å²) in [4.78, 5) is 30.4. The number of aromatic nitrogens is 1. The SMILES string of the molecule is CCC(=O)NCCc1csc(C2CCN(C(=O)c3ccc(F)c(Cl)c3)CC2)n1. The van der Waals surface area contributed by atoms with Crippen molar-refractivity contribution in [3.05, 3.63) is 50.7 Å². The molecule has 0 radical (unpaired) electrons. The molecule has 3 rings (SSSR count). The molecule has 0 atom stereocenters. The number of halogens is 2. The van der Waals surface area contributed by atoms with Crippen LogP contribution in [-0.4, -0.2) is 41.3 Å². The number of amides is 2. The quantitative estimate of drug-likeness (QED) is 0.763. The summed E-state index contributed by atoms with van der Waals surface area (Å²) < 4.78 is 13.3. The van der Waals surface area contributed by atoms with Crippen LogP contribution in [0, 0.1) is 5.82 Å². The maximum Gasteiger partial charge on any atom is 0.253 e. The predicted molar refractivity (Wildman–Crippen MR) is 108 cm³/mol. The van der Waals surface area contributed by atoms with Crippen LogP contribution in [0.15, 0.2) is 23.6 Å². The lowest BCUT2D eigenvalue weighted by Gasteiger charge is -2.31. The summed E-state index contributed by atoms with van der Waals surface area (Å²) in [6, 6.07) is 4.08. The van der Waals surface area contributed by atoms with Gasteiger partial charge in [-0.15, -0.1) is 11.3 Å². The number of thiazole rings is 1. The van der Waals surface area contributed by atoms with Crippen LogP contribution >= 0.6 is 22.9 Å². The Bertz CT molecular complexity index is 850. The van der Waals surface area contributed by atoms with Gasteiger partial charge in [0.25, 0.3) is 5.91 Å². The Morgan fingerprint density at radius 2 is 2.11 bits per heavy atom. The van der Waals surface area contributed by atoms with Crippen LogP contribution in [0.2, 0.25) is 5.02 Å². The van der Waals surface area contributed by atoms with Gasteiger partial charge in [0.15, 0.2) is 0 Å². The maximum atomic E-state index is 13.3. The lowest BCUT2D eigenvalue weighted by molar-refractivity contribution is -0.120. The molecule has 8 heteroatoms. The van der Waals surface area contributed by atoms with Crippen LogP contribution in [0.5, 0.6) is 0 Å². The third-order valence-electron chi connectivity index (χ3n) is 4.89. The molecular formula is C20H23ClFN3O2S. The molecule has 150 valence electrons. The van der Waals surface area contributed by atoms with E-state index in [2.05, 4.69) is 5.32 Å². The second-order valence-corrected chi connectivity index (χ2v) is 8.12. The zero-order valence-electron chi connectivity index (χ0n) is 15.7. The van der Waals surface area contributed by atoms with Crippen molar-refractivity contribution in [2.24, 2.45) is 0 Å². The molecule has 1 aromatic carbocycles. The highest BCUT2D eigenvalue weighted by molar-refractivity contribution is 7.09. The van der Waals surface area contributed by atoms with E-state index < -0.39 is 5.82 Å². The third-order valence-corrected chi connectivity index (χ3v) is 6.24. The van der Waals surface area contributed by atoms with E-state index in [0.29, 0.717) is 37.5 Å². The van der Waals surface area contributed by atoms with Gasteiger partial charge in [-0.25, -0.2) is 9.37 Å². The van der Waals surface area contributed by atoms with Crippen molar-refractivity contribution in [1.82, 2.24) is 15.2 Å². The number of likely N-dealkylation sites (tertiary alicyclic amines) is 1. The van der Waals surface area contributed by atoms with Crippen molar-refractivity contribution >= 4 is 34.8 Å². The number of carbonyl (C=O) groups excluding carboxylic acids is 2. The Morgan fingerprint density at radius 3 is 2.79 bits per heavy atom. The van der Waals surface area contributed by atoms with Crippen LogP contribution in [0.25, 0.3) is 0 Å². The van der Waals surface area contributed by atoms with E-state index in [1.165, 1.54) is 18.2 Å². The smallest absolute Gasteiger partial charge is 0.253 e. The maximum absolute atomic E-state index is 13.3. The van der Waals surface area contributed by atoms with E-state index in [9.17, 15) is 14.0 Å². The minimum atomic E-state index is -0.522. The Labute approximate surface area is 172 Å². The number of nitrogens with zero attached hydrogens (tertiary/aromatic N) is 2. The summed E-state index contributed by atoms with van der Waals surface area (Å²) in [7, 11) is 0. The monoisotopic (exact) mass is 423 g/mol. The van der Waals surface area contributed by atoms with E-state index in [4.69, 9.17) is 16.6 Å². The minimum absolute atomic E-state index is 0.0359. The summed E-state index contributed by atoms with van der Waals surface area (Å²) in [6.07, 6.45) is 2.91. The highest BCUT2D eigenvalue weighted by atomic mass is 35.5. The predicted octanol–water partition coefficient (Wildman–Crippen LogP) is 4.02. The Balaban J connectivity index is 1.52. The Hall–Kier alpha value is -1.99. The normalized spacial score (nSPS) is 14.9. The summed E-state index contributed by atoms with van der Waals surface area (Å²) in [5.74, 6) is -0.252. The molecule has 1 N–H and O–H groups in total. The highest BCUT2D eigenvalue weighted by Gasteiger charge is 2.26. The zero-order valence-corrected chi connectivity index (χ0v) is 17.3. The minimum Gasteiger partial charge on any atom is -0.356 e. The number of piperidine rings is 1. The van der Waals surface area contributed by atoms with Gasteiger partial charge in [0.1, 0.15) is 5.82 Å². The first-order valence-corrected chi connectivity index (χ1v) is 10.7. The second-order valence-electron chi connectivity index (χ2n) is 6.83. The number of hydrogen-bond donors (Lipinski definition) is 1. The van der Waals surface area contributed by atoms with E-state index in [1.807, 2.05) is 12.3 Å². The van der Waals surface area contributed by atoms with Crippen LogP contribution < -0.4 is 5.32 Å². The van der Waals surface area contributed by atoms with E-state index in [-0.39, 0.29) is 16.8 Å². The average molecular weight is 424 g/mol. The Kier molecular flexibility index (Phi) is 7.02. The molecule has 0 spiro atoms. The average Bonchev–Trinajstić information content (AvgIpc) is 3.18. The van der Waals surface area contributed by atoms with Crippen molar-refractivity contribution in [2.75, 3.05) is 19.6 Å². The molecule has 28 heavy (non-hydrogen) atoms. The molecule has 0 saturated carbocycles. The fourth-order valence-corrected chi connectivity index (χ4v) is 4.43. The van der Waals surface area contributed by atoms with Gasteiger partial charge in [-0.2, -0.15) is 0 Å². The standard InChI is InChI=1S/C20H23ClFN3O2S/c1-2-18(26)23-8-5-15-12-28-19(24-15)13-6-9-25(10-7-13)20(27)14-3-4-17(22)16(21)11-14/h3-4,11-13H,2,5-10H2,1H3,(H,23,26). The summed E-state index contributed by atoms with van der Waals surface area (Å²) in [6.45, 7) is 3.71. The van der Waals surface area contributed by atoms with Gasteiger partial charge in [-0.1, -0.05) is 18.5 Å². The van der Waals surface area contributed by atoms with Crippen molar-refractivity contribution in [3.63, 3.8) is 0 Å². The van der Waals surface area contributed by atoms with Gasteiger partial charge < -0.3 is 10.2 Å². The second kappa shape index (κ2) is 9.47. The van der Waals surface area contributed by atoms with Gasteiger partial charge in [0.05, 0.1) is 15.7 Å². The van der Waals surface area contributed by atoms with Gasteiger partial charge in [0, 0.05) is 49.3 Å². The number of hydrogen-bond acceptors (Lipinski definition) is 4.